The lowest BCUT2D eigenvalue weighted by Gasteiger charge is -2.19. The molecule has 1 rings (SSSR count). The van der Waals surface area contributed by atoms with Gasteiger partial charge in [0, 0.05) is 12.6 Å². The van der Waals surface area contributed by atoms with Crippen molar-refractivity contribution in [2.75, 3.05) is 19.6 Å². The summed E-state index contributed by atoms with van der Waals surface area (Å²) in [6, 6.07) is 0.174. The Balaban J connectivity index is 2.23. The summed E-state index contributed by atoms with van der Waals surface area (Å²) < 4.78 is 0. The van der Waals surface area contributed by atoms with E-state index in [9.17, 15) is 0 Å². The Hall–Kier alpha value is -0.340. The summed E-state index contributed by atoms with van der Waals surface area (Å²) in [7, 11) is 0. The van der Waals surface area contributed by atoms with Crippen molar-refractivity contribution < 1.29 is 0 Å². The highest BCUT2D eigenvalue weighted by Crippen LogP contribution is 2.08. The monoisotopic (exact) mass is 154 g/mol. The van der Waals surface area contributed by atoms with E-state index in [1.165, 1.54) is 25.9 Å². The largest absolute Gasteiger partial charge is 0.323 e. The van der Waals surface area contributed by atoms with Crippen molar-refractivity contribution in [2.24, 2.45) is 5.73 Å². The molecule has 0 aromatic rings. The normalized spacial score (nSPS) is 22.0. The molecule has 1 saturated heterocycles. The second-order valence-corrected chi connectivity index (χ2v) is 3.46. The smallest absolute Gasteiger partial charge is 0.0378 e. The third-order valence-corrected chi connectivity index (χ3v) is 2.29. The number of nitrogens with two attached hydrogens (primary N) is 1. The van der Waals surface area contributed by atoms with Gasteiger partial charge in [-0.1, -0.05) is 12.2 Å². The summed E-state index contributed by atoms with van der Waals surface area (Å²) in [4.78, 5) is 2.42. The number of rotatable bonds is 3. The fourth-order valence-electron chi connectivity index (χ4n) is 1.40. The minimum absolute atomic E-state index is 0.174. The van der Waals surface area contributed by atoms with E-state index in [1.54, 1.807) is 0 Å². The first kappa shape index (κ1) is 8.75. The van der Waals surface area contributed by atoms with Gasteiger partial charge in [0.1, 0.15) is 0 Å². The maximum atomic E-state index is 5.86. The molecule has 2 heteroatoms. The first-order valence-electron chi connectivity index (χ1n) is 4.33. The van der Waals surface area contributed by atoms with Crippen molar-refractivity contribution in [2.45, 2.75) is 25.8 Å². The van der Waals surface area contributed by atoms with Crippen LogP contribution in [0.2, 0.25) is 0 Å². The Morgan fingerprint density at radius 1 is 1.55 bits per heavy atom. The molecule has 1 atom stereocenters. The van der Waals surface area contributed by atoms with Crippen LogP contribution in [0.5, 0.6) is 0 Å². The van der Waals surface area contributed by atoms with E-state index in [0.717, 1.165) is 12.1 Å². The molecule has 64 valence electrons. The van der Waals surface area contributed by atoms with Gasteiger partial charge in [-0.3, -0.25) is 0 Å². The van der Waals surface area contributed by atoms with Crippen molar-refractivity contribution in [3.63, 3.8) is 0 Å². The minimum atomic E-state index is 0.174. The van der Waals surface area contributed by atoms with Gasteiger partial charge in [0.15, 0.2) is 0 Å². The van der Waals surface area contributed by atoms with E-state index in [0.29, 0.717) is 0 Å². The van der Waals surface area contributed by atoms with Crippen LogP contribution < -0.4 is 5.73 Å². The zero-order valence-corrected chi connectivity index (χ0v) is 7.34. The molecule has 1 fully saturated rings. The van der Waals surface area contributed by atoms with Crippen LogP contribution in [0.1, 0.15) is 19.8 Å². The van der Waals surface area contributed by atoms with E-state index < -0.39 is 0 Å². The second-order valence-electron chi connectivity index (χ2n) is 3.46. The van der Waals surface area contributed by atoms with E-state index in [1.807, 2.05) is 6.92 Å². The fraction of sp³-hybridized carbons (Fsp3) is 0.778. The molecule has 2 N–H and O–H groups in total. The lowest BCUT2D eigenvalue weighted by atomic mass is 10.1. The molecule has 0 amide bonds. The number of nitrogens with zero attached hydrogens (tertiary/aromatic N) is 1. The first-order valence-corrected chi connectivity index (χ1v) is 4.33. The summed E-state index contributed by atoms with van der Waals surface area (Å²) in [5.41, 5.74) is 6.95. The molecular formula is C9H18N2. The van der Waals surface area contributed by atoms with Gasteiger partial charge in [-0.05, 0) is 32.9 Å². The molecule has 1 aliphatic heterocycles. The van der Waals surface area contributed by atoms with Crippen molar-refractivity contribution in [3.05, 3.63) is 12.2 Å². The van der Waals surface area contributed by atoms with Gasteiger partial charge in [-0.15, -0.1) is 0 Å². The van der Waals surface area contributed by atoms with Crippen LogP contribution in [-0.2, 0) is 0 Å². The van der Waals surface area contributed by atoms with Crippen molar-refractivity contribution in [1.29, 1.82) is 0 Å². The van der Waals surface area contributed by atoms with Crippen LogP contribution in [0.15, 0.2) is 12.2 Å². The van der Waals surface area contributed by atoms with Gasteiger partial charge < -0.3 is 10.6 Å². The van der Waals surface area contributed by atoms with Gasteiger partial charge in [0.25, 0.3) is 0 Å². The van der Waals surface area contributed by atoms with Crippen LogP contribution >= 0.6 is 0 Å². The highest BCUT2D eigenvalue weighted by Gasteiger charge is 2.14. The lowest BCUT2D eigenvalue weighted by Crippen LogP contribution is -2.36. The highest BCUT2D eigenvalue weighted by atomic mass is 15.1. The van der Waals surface area contributed by atoms with Crippen LogP contribution in [0.3, 0.4) is 0 Å². The van der Waals surface area contributed by atoms with E-state index in [4.69, 9.17) is 5.73 Å². The Kier molecular flexibility index (Phi) is 3.09. The second kappa shape index (κ2) is 3.88. The zero-order chi connectivity index (χ0) is 8.27. The number of likely N-dealkylation sites (tertiary alicyclic amines) is 1. The van der Waals surface area contributed by atoms with Gasteiger partial charge in [-0.2, -0.15) is 0 Å². The topological polar surface area (TPSA) is 29.3 Å². The van der Waals surface area contributed by atoms with Gasteiger partial charge >= 0.3 is 0 Å². The van der Waals surface area contributed by atoms with Gasteiger partial charge in [0.2, 0.25) is 0 Å². The molecule has 0 spiro atoms. The molecule has 0 bridgehead atoms. The quantitative estimate of drug-likeness (QED) is 0.614. The van der Waals surface area contributed by atoms with E-state index >= 15 is 0 Å². The molecule has 11 heavy (non-hydrogen) atoms. The molecule has 1 aliphatic rings. The molecule has 0 radical (unpaired) electrons. The maximum Gasteiger partial charge on any atom is 0.0378 e. The highest BCUT2D eigenvalue weighted by molar-refractivity contribution is 5.01. The maximum absolute atomic E-state index is 5.86. The Morgan fingerprint density at radius 3 is 2.55 bits per heavy atom. The number of hydrogen-bond donors (Lipinski definition) is 1. The Bertz CT molecular complexity index is 136. The third kappa shape index (κ3) is 2.64. The van der Waals surface area contributed by atoms with E-state index in [-0.39, 0.29) is 6.04 Å². The predicted molar refractivity (Wildman–Crippen MR) is 48.5 cm³/mol. The lowest BCUT2D eigenvalue weighted by molar-refractivity contribution is 0.326. The Morgan fingerprint density at radius 2 is 2.09 bits per heavy atom. The van der Waals surface area contributed by atoms with Crippen molar-refractivity contribution in [3.8, 4) is 0 Å². The minimum Gasteiger partial charge on any atom is -0.323 e. The predicted octanol–water partition coefficient (Wildman–Crippen LogP) is 0.986. The standard InChI is InChI=1S/C9H18N2/c1-8(2)9(10)7-11-5-3-4-6-11/h9H,1,3-7,10H2,2H3. The molecule has 2 nitrogen and oxygen atoms in total. The third-order valence-electron chi connectivity index (χ3n) is 2.29. The molecule has 0 aromatic carbocycles. The van der Waals surface area contributed by atoms with Crippen molar-refractivity contribution in [1.82, 2.24) is 4.90 Å². The van der Waals surface area contributed by atoms with Gasteiger partial charge in [-0.25, -0.2) is 0 Å². The zero-order valence-electron chi connectivity index (χ0n) is 7.34. The van der Waals surface area contributed by atoms with Crippen molar-refractivity contribution >= 4 is 0 Å². The van der Waals surface area contributed by atoms with Gasteiger partial charge in [0.05, 0.1) is 0 Å². The summed E-state index contributed by atoms with van der Waals surface area (Å²) in [5.74, 6) is 0. The van der Waals surface area contributed by atoms with Crippen LogP contribution in [-0.4, -0.2) is 30.6 Å². The first-order chi connectivity index (χ1) is 5.20. The summed E-state index contributed by atoms with van der Waals surface area (Å²) >= 11 is 0. The average Bonchev–Trinajstić information content (AvgIpc) is 2.39. The molecular weight excluding hydrogens is 136 g/mol. The summed E-state index contributed by atoms with van der Waals surface area (Å²) in [6.07, 6.45) is 2.67. The Labute approximate surface area is 69.1 Å². The number of hydrogen-bond acceptors (Lipinski definition) is 2. The van der Waals surface area contributed by atoms with Crippen LogP contribution in [0.25, 0.3) is 0 Å². The molecule has 0 aromatic heterocycles. The summed E-state index contributed by atoms with van der Waals surface area (Å²) in [5, 5.41) is 0. The molecule has 1 unspecified atom stereocenters. The summed E-state index contributed by atoms with van der Waals surface area (Å²) in [6.45, 7) is 9.29. The average molecular weight is 154 g/mol. The fourth-order valence-corrected chi connectivity index (χ4v) is 1.40. The SMILES string of the molecule is C=C(C)C(N)CN1CCCC1. The van der Waals surface area contributed by atoms with Crippen LogP contribution in [0, 0.1) is 0 Å². The van der Waals surface area contributed by atoms with Crippen LogP contribution in [0.4, 0.5) is 0 Å². The van der Waals surface area contributed by atoms with E-state index in [2.05, 4.69) is 11.5 Å². The molecule has 0 saturated carbocycles. The molecule has 0 aliphatic carbocycles. The molecule has 1 heterocycles.